The Bertz CT molecular complexity index is 1010. The molecule has 1 aromatic heterocycles. The SMILES string of the molecule is COc1ccc([N+](=O)[O-])cc1NC(=O)[C@@H](C)Sc1nnc(Nc2ccccc2)s1. The lowest BCUT2D eigenvalue weighted by Gasteiger charge is -2.13. The van der Waals surface area contributed by atoms with E-state index in [1.807, 2.05) is 30.3 Å². The Balaban J connectivity index is 1.64. The van der Waals surface area contributed by atoms with Crippen LogP contribution in [0.1, 0.15) is 6.92 Å². The summed E-state index contributed by atoms with van der Waals surface area (Å²) in [6, 6.07) is 13.6. The second-order valence-corrected chi connectivity index (χ2v) is 8.32. The molecule has 3 rings (SSSR count). The van der Waals surface area contributed by atoms with Crippen LogP contribution in [0.5, 0.6) is 5.75 Å². The number of nitrogens with zero attached hydrogens (tertiary/aromatic N) is 3. The monoisotopic (exact) mass is 431 g/mol. The van der Waals surface area contributed by atoms with Gasteiger partial charge in [-0.15, -0.1) is 10.2 Å². The van der Waals surface area contributed by atoms with Crippen LogP contribution in [0.4, 0.5) is 22.2 Å². The normalized spacial score (nSPS) is 11.5. The molecule has 0 saturated carbocycles. The Morgan fingerprint density at radius 2 is 2.00 bits per heavy atom. The van der Waals surface area contributed by atoms with Crippen LogP contribution in [0.3, 0.4) is 0 Å². The lowest BCUT2D eigenvalue weighted by Crippen LogP contribution is -2.22. The summed E-state index contributed by atoms with van der Waals surface area (Å²) >= 11 is 2.57. The zero-order valence-electron chi connectivity index (χ0n) is 15.5. The van der Waals surface area contributed by atoms with Crippen LogP contribution < -0.4 is 15.4 Å². The molecule has 9 nitrogen and oxygen atoms in total. The number of hydrogen-bond acceptors (Lipinski definition) is 9. The summed E-state index contributed by atoms with van der Waals surface area (Å²) in [7, 11) is 1.43. The van der Waals surface area contributed by atoms with E-state index in [-0.39, 0.29) is 17.3 Å². The lowest BCUT2D eigenvalue weighted by atomic mass is 10.2. The van der Waals surface area contributed by atoms with Gasteiger partial charge in [-0.2, -0.15) is 0 Å². The first-order chi connectivity index (χ1) is 14.0. The summed E-state index contributed by atoms with van der Waals surface area (Å²) in [4.78, 5) is 23.0. The van der Waals surface area contributed by atoms with Crippen LogP contribution in [-0.2, 0) is 4.79 Å². The highest BCUT2D eigenvalue weighted by Gasteiger charge is 2.20. The first-order valence-electron chi connectivity index (χ1n) is 8.42. The van der Waals surface area contributed by atoms with Crippen molar-refractivity contribution in [1.82, 2.24) is 10.2 Å². The summed E-state index contributed by atoms with van der Waals surface area (Å²) in [5.74, 6) is 0.00739. The lowest BCUT2D eigenvalue weighted by molar-refractivity contribution is -0.384. The molecule has 0 aliphatic rings. The third-order valence-electron chi connectivity index (χ3n) is 3.73. The van der Waals surface area contributed by atoms with Gasteiger partial charge in [0.25, 0.3) is 5.69 Å². The molecule has 29 heavy (non-hydrogen) atoms. The van der Waals surface area contributed by atoms with Crippen molar-refractivity contribution in [2.45, 2.75) is 16.5 Å². The van der Waals surface area contributed by atoms with E-state index in [1.54, 1.807) is 6.92 Å². The molecule has 3 aromatic rings. The van der Waals surface area contributed by atoms with Crippen molar-refractivity contribution in [2.24, 2.45) is 0 Å². The fourth-order valence-corrected chi connectivity index (χ4v) is 4.22. The summed E-state index contributed by atoms with van der Waals surface area (Å²) in [6.45, 7) is 1.72. The molecule has 0 spiro atoms. The third kappa shape index (κ3) is 5.42. The fraction of sp³-hybridized carbons (Fsp3) is 0.167. The number of nitro benzene ring substituents is 1. The molecule has 1 atom stereocenters. The first-order valence-corrected chi connectivity index (χ1v) is 10.1. The van der Waals surface area contributed by atoms with Gasteiger partial charge in [-0.1, -0.05) is 41.3 Å². The van der Waals surface area contributed by atoms with Gasteiger partial charge in [0, 0.05) is 17.8 Å². The molecule has 1 heterocycles. The number of para-hydroxylation sites is 1. The van der Waals surface area contributed by atoms with Gasteiger partial charge < -0.3 is 15.4 Å². The number of benzene rings is 2. The zero-order valence-corrected chi connectivity index (χ0v) is 17.1. The third-order valence-corrected chi connectivity index (χ3v) is 5.75. The average Bonchev–Trinajstić information content (AvgIpc) is 3.15. The molecular formula is C18H17N5O4S2. The molecule has 2 N–H and O–H groups in total. The Morgan fingerprint density at radius 3 is 2.69 bits per heavy atom. The van der Waals surface area contributed by atoms with Gasteiger partial charge in [-0.25, -0.2) is 0 Å². The predicted octanol–water partition coefficient (Wildman–Crippen LogP) is 4.32. The van der Waals surface area contributed by atoms with E-state index in [1.165, 1.54) is 48.4 Å². The van der Waals surface area contributed by atoms with Gasteiger partial charge in [0.1, 0.15) is 5.75 Å². The van der Waals surface area contributed by atoms with Crippen molar-refractivity contribution in [3.05, 3.63) is 58.6 Å². The van der Waals surface area contributed by atoms with Crippen molar-refractivity contribution in [2.75, 3.05) is 17.7 Å². The molecule has 150 valence electrons. The smallest absolute Gasteiger partial charge is 0.271 e. The fourth-order valence-electron chi connectivity index (χ4n) is 2.30. The highest BCUT2D eigenvalue weighted by atomic mass is 32.2. The van der Waals surface area contributed by atoms with E-state index >= 15 is 0 Å². The van der Waals surface area contributed by atoms with Gasteiger partial charge in [-0.3, -0.25) is 14.9 Å². The van der Waals surface area contributed by atoms with Crippen LogP contribution in [0.15, 0.2) is 52.9 Å². The summed E-state index contributed by atoms with van der Waals surface area (Å²) < 4.78 is 5.79. The van der Waals surface area contributed by atoms with Crippen molar-refractivity contribution in [3.63, 3.8) is 0 Å². The Labute approximate surface area is 174 Å². The number of hydrogen-bond donors (Lipinski definition) is 2. The van der Waals surface area contributed by atoms with Crippen LogP contribution >= 0.6 is 23.1 Å². The largest absolute Gasteiger partial charge is 0.495 e. The second kappa shape index (κ2) is 9.34. The summed E-state index contributed by atoms with van der Waals surface area (Å²) in [5, 5.41) is 25.1. The van der Waals surface area contributed by atoms with Gasteiger partial charge in [-0.05, 0) is 25.1 Å². The minimum absolute atomic E-state index is 0.137. The van der Waals surface area contributed by atoms with E-state index < -0.39 is 10.2 Å². The molecular weight excluding hydrogens is 414 g/mol. The minimum Gasteiger partial charge on any atom is -0.495 e. The minimum atomic E-state index is -0.532. The quantitative estimate of drug-likeness (QED) is 0.307. The molecule has 2 aromatic carbocycles. The van der Waals surface area contributed by atoms with Crippen LogP contribution in [0.25, 0.3) is 0 Å². The van der Waals surface area contributed by atoms with Gasteiger partial charge in [0.05, 0.1) is 23.0 Å². The van der Waals surface area contributed by atoms with Crippen molar-refractivity contribution >= 4 is 51.2 Å². The number of nitrogens with one attached hydrogen (secondary N) is 2. The van der Waals surface area contributed by atoms with Gasteiger partial charge in [0.15, 0.2) is 4.34 Å². The number of rotatable bonds is 8. The Hall–Kier alpha value is -3.18. The predicted molar refractivity (Wildman–Crippen MR) is 113 cm³/mol. The number of carbonyl (C=O) groups excluding carboxylic acids is 1. The number of thioether (sulfide) groups is 1. The van der Waals surface area contributed by atoms with Crippen molar-refractivity contribution in [3.8, 4) is 5.75 Å². The van der Waals surface area contributed by atoms with Crippen LogP contribution in [0.2, 0.25) is 0 Å². The molecule has 11 heteroatoms. The second-order valence-electron chi connectivity index (χ2n) is 5.76. The highest BCUT2D eigenvalue weighted by Crippen LogP contribution is 2.33. The molecule has 0 radical (unpaired) electrons. The van der Waals surface area contributed by atoms with Gasteiger partial charge in [0.2, 0.25) is 11.0 Å². The number of non-ortho nitro benzene ring substituents is 1. The number of amides is 1. The molecule has 0 aliphatic heterocycles. The Kier molecular flexibility index (Phi) is 6.62. The van der Waals surface area contributed by atoms with E-state index in [4.69, 9.17) is 4.74 Å². The molecule has 0 saturated heterocycles. The van der Waals surface area contributed by atoms with Crippen molar-refractivity contribution in [1.29, 1.82) is 0 Å². The van der Waals surface area contributed by atoms with Crippen LogP contribution in [0, 0.1) is 10.1 Å². The number of anilines is 3. The summed E-state index contributed by atoms with van der Waals surface area (Å²) in [6.07, 6.45) is 0. The van der Waals surface area contributed by atoms with E-state index in [9.17, 15) is 14.9 Å². The molecule has 0 fully saturated rings. The number of aromatic nitrogens is 2. The number of methoxy groups -OCH3 is 1. The zero-order chi connectivity index (χ0) is 20.8. The standard InChI is InChI=1S/C18H17N5O4S2/c1-11(16(24)20-14-10-13(23(25)26)8-9-15(14)27-2)28-18-22-21-17(29-18)19-12-6-4-3-5-7-12/h3-11H,1-2H3,(H,19,21)(H,20,24)/t11-/m1/s1. The molecule has 0 unspecified atom stereocenters. The maximum absolute atomic E-state index is 12.5. The molecule has 0 bridgehead atoms. The first kappa shape index (κ1) is 20.6. The van der Waals surface area contributed by atoms with E-state index in [2.05, 4.69) is 20.8 Å². The number of ether oxygens (including phenoxy) is 1. The molecule has 0 aliphatic carbocycles. The highest BCUT2D eigenvalue weighted by molar-refractivity contribution is 8.02. The van der Waals surface area contributed by atoms with E-state index in [0.29, 0.717) is 15.2 Å². The maximum atomic E-state index is 12.5. The molecule has 1 amide bonds. The van der Waals surface area contributed by atoms with Gasteiger partial charge >= 0.3 is 0 Å². The van der Waals surface area contributed by atoms with Crippen molar-refractivity contribution < 1.29 is 14.5 Å². The number of nitro groups is 1. The Morgan fingerprint density at radius 1 is 1.24 bits per heavy atom. The topological polar surface area (TPSA) is 119 Å². The summed E-state index contributed by atoms with van der Waals surface area (Å²) in [5.41, 5.74) is 0.994. The number of carbonyl (C=O) groups is 1. The average molecular weight is 431 g/mol. The van der Waals surface area contributed by atoms with Crippen LogP contribution in [-0.4, -0.2) is 33.4 Å². The van der Waals surface area contributed by atoms with E-state index in [0.717, 1.165) is 5.69 Å². The maximum Gasteiger partial charge on any atom is 0.271 e.